The van der Waals surface area contributed by atoms with Crippen molar-refractivity contribution < 1.29 is 9.59 Å². The van der Waals surface area contributed by atoms with Gasteiger partial charge in [-0.05, 0) is 60.6 Å². The minimum Gasteiger partial charge on any atom is -0.366 e. The van der Waals surface area contributed by atoms with E-state index < -0.39 is 0 Å². The van der Waals surface area contributed by atoms with Gasteiger partial charge in [0.15, 0.2) is 0 Å². The number of benzene rings is 3. The van der Waals surface area contributed by atoms with Crippen molar-refractivity contribution in [1.82, 2.24) is 4.90 Å². The van der Waals surface area contributed by atoms with E-state index in [-0.39, 0.29) is 11.8 Å². The predicted octanol–water partition coefficient (Wildman–Crippen LogP) is 4.80. The maximum atomic E-state index is 13.7. The van der Waals surface area contributed by atoms with Crippen molar-refractivity contribution in [1.29, 1.82) is 5.26 Å². The molecule has 3 aromatic carbocycles. The molecule has 0 aliphatic carbocycles. The smallest absolute Gasteiger partial charge is 0.282 e. The molecule has 3 aromatic rings. The maximum Gasteiger partial charge on any atom is 0.282 e. The quantitative estimate of drug-likeness (QED) is 0.527. The molecule has 5 rings (SSSR count). The number of hydrogen-bond acceptors (Lipinski definition) is 4. The minimum atomic E-state index is -0.317. The third-order valence-corrected chi connectivity index (χ3v) is 6.67. The first-order chi connectivity index (χ1) is 16.7. The van der Waals surface area contributed by atoms with Crippen molar-refractivity contribution in [3.8, 4) is 6.07 Å². The first-order valence-electron chi connectivity index (χ1n) is 11.6. The largest absolute Gasteiger partial charge is 0.366 e. The van der Waals surface area contributed by atoms with Gasteiger partial charge in [0.25, 0.3) is 11.8 Å². The SMILES string of the molecule is N#Cc1ccc(N2C(=O)C(c3ccccc3)=C(N3CCC(Cc4ccccc4)CC3)C2=O)cc1. The Morgan fingerprint density at radius 3 is 2.03 bits per heavy atom. The Morgan fingerprint density at radius 1 is 0.794 bits per heavy atom. The molecule has 2 aliphatic rings. The van der Waals surface area contributed by atoms with Gasteiger partial charge in [-0.15, -0.1) is 0 Å². The predicted molar refractivity (Wildman–Crippen MR) is 131 cm³/mol. The van der Waals surface area contributed by atoms with Crippen LogP contribution in [-0.4, -0.2) is 29.8 Å². The Morgan fingerprint density at radius 2 is 1.41 bits per heavy atom. The second kappa shape index (κ2) is 9.36. The van der Waals surface area contributed by atoms with Crippen LogP contribution < -0.4 is 4.90 Å². The summed E-state index contributed by atoms with van der Waals surface area (Å²) in [5.74, 6) is -0.0568. The third kappa shape index (κ3) is 4.11. The van der Waals surface area contributed by atoms with Crippen LogP contribution in [0, 0.1) is 17.2 Å². The zero-order valence-electron chi connectivity index (χ0n) is 18.9. The second-order valence-corrected chi connectivity index (χ2v) is 8.81. The van der Waals surface area contributed by atoms with Gasteiger partial charge in [-0.1, -0.05) is 60.7 Å². The van der Waals surface area contributed by atoms with Gasteiger partial charge in [-0.3, -0.25) is 9.59 Å². The summed E-state index contributed by atoms with van der Waals surface area (Å²) in [5.41, 5.74) is 3.99. The van der Waals surface area contributed by atoms with E-state index in [0.717, 1.165) is 37.9 Å². The fourth-order valence-corrected chi connectivity index (χ4v) is 4.90. The van der Waals surface area contributed by atoms with Crippen LogP contribution in [0.4, 0.5) is 5.69 Å². The van der Waals surface area contributed by atoms with Gasteiger partial charge in [0, 0.05) is 13.1 Å². The summed E-state index contributed by atoms with van der Waals surface area (Å²) in [6.07, 6.45) is 2.97. The number of anilines is 1. The number of nitrogens with zero attached hydrogens (tertiary/aromatic N) is 3. The lowest BCUT2D eigenvalue weighted by molar-refractivity contribution is -0.120. The molecule has 0 atom stereocenters. The molecule has 2 heterocycles. The van der Waals surface area contributed by atoms with Gasteiger partial charge < -0.3 is 4.90 Å². The average Bonchev–Trinajstić information content (AvgIpc) is 3.15. The summed E-state index contributed by atoms with van der Waals surface area (Å²) >= 11 is 0. The number of amides is 2. The van der Waals surface area contributed by atoms with Crippen molar-refractivity contribution in [3.63, 3.8) is 0 Å². The lowest BCUT2D eigenvalue weighted by Crippen LogP contribution is -2.39. The zero-order chi connectivity index (χ0) is 23.5. The Balaban J connectivity index is 1.43. The summed E-state index contributed by atoms with van der Waals surface area (Å²) in [6, 6.07) is 28.6. The number of imide groups is 1. The van der Waals surface area contributed by atoms with E-state index in [1.807, 2.05) is 36.4 Å². The lowest BCUT2D eigenvalue weighted by Gasteiger charge is -2.34. The monoisotopic (exact) mass is 447 g/mol. The van der Waals surface area contributed by atoms with E-state index in [2.05, 4.69) is 35.2 Å². The van der Waals surface area contributed by atoms with E-state index in [4.69, 9.17) is 5.26 Å². The van der Waals surface area contributed by atoms with Gasteiger partial charge in [-0.25, -0.2) is 4.90 Å². The van der Waals surface area contributed by atoms with Gasteiger partial charge >= 0.3 is 0 Å². The number of nitriles is 1. The number of carbonyl (C=O) groups is 2. The van der Waals surface area contributed by atoms with Crippen molar-refractivity contribution in [2.24, 2.45) is 5.92 Å². The van der Waals surface area contributed by atoms with Crippen LogP contribution in [0.5, 0.6) is 0 Å². The number of rotatable bonds is 5. The van der Waals surface area contributed by atoms with Crippen LogP contribution in [0.3, 0.4) is 0 Å². The van der Waals surface area contributed by atoms with E-state index in [1.54, 1.807) is 24.3 Å². The Hall–Kier alpha value is -4.17. The number of carbonyl (C=O) groups excluding carboxylic acids is 2. The van der Waals surface area contributed by atoms with Crippen molar-refractivity contribution in [3.05, 3.63) is 107 Å². The topological polar surface area (TPSA) is 64.4 Å². The molecular formula is C29H25N3O2. The summed E-state index contributed by atoms with van der Waals surface area (Å²) in [7, 11) is 0. The van der Waals surface area contributed by atoms with Crippen molar-refractivity contribution >= 4 is 23.1 Å². The molecular weight excluding hydrogens is 422 g/mol. The highest BCUT2D eigenvalue weighted by atomic mass is 16.2. The molecule has 2 amide bonds. The first-order valence-corrected chi connectivity index (χ1v) is 11.6. The highest BCUT2D eigenvalue weighted by Crippen LogP contribution is 2.36. The standard InChI is InChI=1S/C29H25N3O2/c30-20-23-11-13-25(14-12-23)32-28(33)26(24-9-5-2-6-10-24)27(29(32)34)31-17-15-22(16-18-31)19-21-7-3-1-4-8-21/h1-14,22H,15-19H2. The molecule has 5 nitrogen and oxygen atoms in total. The average molecular weight is 448 g/mol. The molecule has 0 radical (unpaired) electrons. The summed E-state index contributed by atoms with van der Waals surface area (Å²) in [6.45, 7) is 1.48. The first kappa shape index (κ1) is 21.7. The molecule has 1 fully saturated rings. The van der Waals surface area contributed by atoms with Crippen LogP contribution in [0.25, 0.3) is 5.57 Å². The molecule has 0 bridgehead atoms. The Bertz CT molecular complexity index is 1270. The molecule has 0 unspecified atom stereocenters. The zero-order valence-corrected chi connectivity index (χ0v) is 18.9. The van der Waals surface area contributed by atoms with E-state index in [1.165, 1.54) is 10.5 Å². The van der Waals surface area contributed by atoms with Crippen molar-refractivity contribution in [2.45, 2.75) is 19.3 Å². The summed E-state index contributed by atoms with van der Waals surface area (Å²) < 4.78 is 0. The maximum absolute atomic E-state index is 13.7. The van der Waals surface area contributed by atoms with Gasteiger partial charge in [0.1, 0.15) is 5.70 Å². The van der Waals surface area contributed by atoms with Crippen molar-refractivity contribution in [2.75, 3.05) is 18.0 Å². The van der Waals surface area contributed by atoms with E-state index in [0.29, 0.717) is 28.4 Å². The molecule has 2 aliphatic heterocycles. The molecule has 0 aromatic heterocycles. The minimum absolute atomic E-state index is 0.296. The van der Waals surface area contributed by atoms with Crippen LogP contribution in [-0.2, 0) is 16.0 Å². The Labute approximate surface area is 199 Å². The number of hydrogen-bond donors (Lipinski definition) is 0. The van der Waals surface area contributed by atoms with Gasteiger partial charge in [-0.2, -0.15) is 5.26 Å². The fraction of sp³-hybridized carbons (Fsp3) is 0.207. The Kier molecular flexibility index (Phi) is 5.97. The molecule has 34 heavy (non-hydrogen) atoms. The van der Waals surface area contributed by atoms with E-state index in [9.17, 15) is 9.59 Å². The molecule has 0 spiro atoms. The molecule has 168 valence electrons. The summed E-state index contributed by atoms with van der Waals surface area (Å²) in [4.78, 5) is 30.6. The molecule has 1 saturated heterocycles. The third-order valence-electron chi connectivity index (χ3n) is 6.67. The van der Waals surface area contributed by atoms with Gasteiger partial charge in [0.2, 0.25) is 0 Å². The fourth-order valence-electron chi connectivity index (χ4n) is 4.90. The molecule has 0 N–H and O–H groups in total. The van der Waals surface area contributed by atoms with Gasteiger partial charge in [0.05, 0.1) is 22.9 Å². The normalized spacial score (nSPS) is 16.8. The highest BCUT2D eigenvalue weighted by molar-refractivity contribution is 6.45. The lowest BCUT2D eigenvalue weighted by atomic mass is 9.89. The highest BCUT2D eigenvalue weighted by Gasteiger charge is 2.43. The molecule has 0 saturated carbocycles. The van der Waals surface area contributed by atoms with Crippen LogP contribution in [0.1, 0.15) is 29.5 Å². The second-order valence-electron chi connectivity index (χ2n) is 8.81. The molecule has 5 heteroatoms. The van der Waals surface area contributed by atoms with Crippen LogP contribution in [0.2, 0.25) is 0 Å². The van der Waals surface area contributed by atoms with E-state index >= 15 is 0 Å². The van der Waals surface area contributed by atoms with Crippen LogP contribution >= 0.6 is 0 Å². The summed E-state index contributed by atoms with van der Waals surface area (Å²) in [5, 5.41) is 9.10. The number of piperidine rings is 1. The van der Waals surface area contributed by atoms with Crippen LogP contribution in [0.15, 0.2) is 90.6 Å². The number of likely N-dealkylation sites (tertiary alicyclic amines) is 1.